The van der Waals surface area contributed by atoms with Gasteiger partial charge in [0.05, 0.1) is 5.69 Å². The summed E-state index contributed by atoms with van der Waals surface area (Å²) < 4.78 is 5.00. The second kappa shape index (κ2) is 6.83. The van der Waals surface area contributed by atoms with Crippen molar-refractivity contribution in [3.05, 3.63) is 17.5 Å². The summed E-state index contributed by atoms with van der Waals surface area (Å²) in [6.45, 7) is 3.79. The number of amides is 1. The van der Waals surface area contributed by atoms with E-state index in [-0.39, 0.29) is 0 Å². The van der Waals surface area contributed by atoms with Crippen LogP contribution in [0.3, 0.4) is 0 Å². The quantitative estimate of drug-likeness (QED) is 0.770. The van der Waals surface area contributed by atoms with Crippen molar-refractivity contribution < 1.29 is 9.32 Å². The van der Waals surface area contributed by atoms with Crippen LogP contribution >= 0.6 is 11.8 Å². The SMILES string of the molecule is Cc1cc(CSCCC(=O)N2CCCCC2)no1. The molecule has 0 N–H and O–H groups in total. The highest BCUT2D eigenvalue weighted by Gasteiger charge is 2.15. The summed E-state index contributed by atoms with van der Waals surface area (Å²) in [7, 11) is 0. The Morgan fingerprint density at radius 3 is 2.89 bits per heavy atom. The first kappa shape index (κ1) is 13.5. The molecule has 1 fully saturated rings. The molecule has 1 aliphatic rings. The van der Waals surface area contributed by atoms with Crippen molar-refractivity contribution in [2.24, 2.45) is 0 Å². The molecule has 1 saturated heterocycles. The van der Waals surface area contributed by atoms with Crippen LogP contribution in [0.2, 0.25) is 0 Å². The van der Waals surface area contributed by atoms with Gasteiger partial charge in [0.25, 0.3) is 0 Å². The van der Waals surface area contributed by atoms with Crippen LogP contribution < -0.4 is 0 Å². The molecule has 5 heteroatoms. The molecule has 100 valence electrons. The van der Waals surface area contributed by atoms with E-state index >= 15 is 0 Å². The van der Waals surface area contributed by atoms with E-state index < -0.39 is 0 Å². The van der Waals surface area contributed by atoms with Gasteiger partial charge in [0, 0.05) is 37.1 Å². The Hall–Kier alpha value is -0.970. The smallest absolute Gasteiger partial charge is 0.223 e. The molecule has 0 radical (unpaired) electrons. The number of nitrogens with zero attached hydrogens (tertiary/aromatic N) is 2. The molecule has 0 spiro atoms. The summed E-state index contributed by atoms with van der Waals surface area (Å²) >= 11 is 1.74. The van der Waals surface area contributed by atoms with E-state index in [1.165, 1.54) is 6.42 Å². The number of carbonyl (C=O) groups is 1. The number of aromatic nitrogens is 1. The second-order valence-electron chi connectivity index (χ2n) is 4.67. The van der Waals surface area contributed by atoms with Gasteiger partial charge in [-0.15, -0.1) is 0 Å². The van der Waals surface area contributed by atoms with E-state index in [0.717, 1.165) is 48.9 Å². The standard InChI is InChI=1S/C13H20N2O2S/c1-11-9-12(14-17-11)10-18-8-5-13(16)15-6-3-2-4-7-15/h9H,2-8,10H2,1H3. The fraction of sp³-hybridized carbons (Fsp3) is 0.692. The highest BCUT2D eigenvalue weighted by Crippen LogP contribution is 2.15. The van der Waals surface area contributed by atoms with Crippen LogP contribution in [0, 0.1) is 6.92 Å². The number of thioether (sulfide) groups is 1. The van der Waals surface area contributed by atoms with E-state index in [1.807, 2.05) is 17.9 Å². The second-order valence-corrected chi connectivity index (χ2v) is 5.78. The maximum Gasteiger partial charge on any atom is 0.223 e. The van der Waals surface area contributed by atoms with Crippen LogP contribution in [0.4, 0.5) is 0 Å². The Labute approximate surface area is 112 Å². The first-order valence-electron chi connectivity index (χ1n) is 6.53. The summed E-state index contributed by atoms with van der Waals surface area (Å²) in [4.78, 5) is 13.9. The number of likely N-dealkylation sites (tertiary alicyclic amines) is 1. The van der Waals surface area contributed by atoms with E-state index in [2.05, 4.69) is 5.16 Å². The summed E-state index contributed by atoms with van der Waals surface area (Å²) in [5.74, 6) is 2.83. The van der Waals surface area contributed by atoms with Crippen LogP contribution in [0.15, 0.2) is 10.6 Å². The molecule has 2 rings (SSSR count). The molecule has 1 aromatic rings. The maximum atomic E-state index is 11.9. The van der Waals surface area contributed by atoms with Gasteiger partial charge in [-0.05, 0) is 26.2 Å². The average Bonchev–Trinajstić information content (AvgIpc) is 2.81. The predicted molar refractivity (Wildman–Crippen MR) is 72.5 cm³/mol. The molecule has 0 bridgehead atoms. The zero-order chi connectivity index (χ0) is 12.8. The third-order valence-electron chi connectivity index (χ3n) is 3.10. The van der Waals surface area contributed by atoms with Crippen LogP contribution in [-0.4, -0.2) is 34.8 Å². The highest BCUT2D eigenvalue weighted by molar-refractivity contribution is 7.98. The summed E-state index contributed by atoms with van der Waals surface area (Å²) in [6, 6.07) is 1.94. The van der Waals surface area contributed by atoms with Crippen LogP contribution in [0.25, 0.3) is 0 Å². The number of rotatable bonds is 5. The lowest BCUT2D eigenvalue weighted by molar-refractivity contribution is -0.131. The van der Waals surface area contributed by atoms with Crippen molar-refractivity contribution in [1.29, 1.82) is 0 Å². The molecule has 0 atom stereocenters. The van der Waals surface area contributed by atoms with Crippen molar-refractivity contribution in [2.45, 2.75) is 38.4 Å². The molecular weight excluding hydrogens is 248 g/mol. The molecule has 0 aromatic carbocycles. The Kier molecular flexibility index (Phi) is 5.11. The first-order valence-corrected chi connectivity index (χ1v) is 7.69. The highest BCUT2D eigenvalue weighted by atomic mass is 32.2. The fourth-order valence-corrected chi connectivity index (χ4v) is 2.93. The molecule has 4 nitrogen and oxygen atoms in total. The van der Waals surface area contributed by atoms with Crippen molar-refractivity contribution in [3.63, 3.8) is 0 Å². The Morgan fingerprint density at radius 2 is 2.22 bits per heavy atom. The van der Waals surface area contributed by atoms with Crippen LogP contribution in [0.1, 0.15) is 37.1 Å². The number of hydrogen-bond acceptors (Lipinski definition) is 4. The van der Waals surface area contributed by atoms with Crippen LogP contribution in [-0.2, 0) is 10.5 Å². The minimum absolute atomic E-state index is 0.304. The van der Waals surface area contributed by atoms with Gasteiger partial charge in [-0.25, -0.2) is 0 Å². The number of aryl methyl sites for hydroxylation is 1. The van der Waals surface area contributed by atoms with Crippen molar-refractivity contribution in [2.75, 3.05) is 18.8 Å². The predicted octanol–water partition coefficient (Wildman–Crippen LogP) is 2.62. The molecule has 1 aromatic heterocycles. The Balaban J connectivity index is 1.61. The molecule has 0 aliphatic carbocycles. The van der Waals surface area contributed by atoms with E-state index in [9.17, 15) is 4.79 Å². The molecule has 1 amide bonds. The van der Waals surface area contributed by atoms with Crippen LogP contribution in [0.5, 0.6) is 0 Å². The molecule has 0 unspecified atom stereocenters. The molecule has 2 heterocycles. The van der Waals surface area contributed by atoms with Gasteiger partial charge in [0.15, 0.2) is 0 Å². The van der Waals surface area contributed by atoms with Crippen molar-refractivity contribution >= 4 is 17.7 Å². The summed E-state index contributed by atoms with van der Waals surface area (Å²) in [6.07, 6.45) is 4.24. The van der Waals surface area contributed by atoms with Gasteiger partial charge >= 0.3 is 0 Å². The molecular formula is C13H20N2O2S. The zero-order valence-electron chi connectivity index (χ0n) is 10.9. The lowest BCUT2D eigenvalue weighted by Crippen LogP contribution is -2.35. The van der Waals surface area contributed by atoms with Gasteiger partial charge in [0.1, 0.15) is 5.76 Å². The summed E-state index contributed by atoms with van der Waals surface area (Å²) in [5.41, 5.74) is 0.961. The number of hydrogen-bond donors (Lipinski definition) is 0. The lowest BCUT2D eigenvalue weighted by Gasteiger charge is -2.26. The maximum absolute atomic E-state index is 11.9. The summed E-state index contributed by atoms with van der Waals surface area (Å²) in [5, 5.41) is 3.93. The van der Waals surface area contributed by atoms with Crippen molar-refractivity contribution in [3.8, 4) is 0 Å². The average molecular weight is 268 g/mol. The normalized spacial score (nSPS) is 15.9. The minimum Gasteiger partial charge on any atom is -0.361 e. The van der Waals surface area contributed by atoms with Gasteiger partial charge in [0.2, 0.25) is 5.91 Å². The topological polar surface area (TPSA) is 46.3 Å². The fourth-order valence-electron chi connectivity index (χ4n) is 2.12. The van der Waals surface area contributed by atoms with E-state index in [4.69, 9.17) is 4.52 Å². The lowest BCUT2D eigenvalue weighted by atomic mass is 10.1. The molecule has 18 heavy (non-hydrogen) atoms. The third-order valence-corrected chi connectivity index (χ3v) is 4.09. The van der Waals surface area contributed by atoms with E-state index in [0.29, 0.717) is 12.3 Å². The molecule has 1 aliphatic heterocycles. The van der Waals surface area contributed by atoms with Gasteiger partial charge in [-0.1, -0.05) is 5.16 Å². The monoisotopic (exact) mass is 268 g/mol. The number of piperidine rings is 1. The van der Waals surface area contributed by atoms with Gasteiger partial charge < -0.3 is 9.42 Å². The first-order chi connectivity index (χ1) is 8.75. The number of carbonyl (C=O) groups excluding carboxylic acids is 1. The zero-order valence-corrected chi connectivity index (χ0v) is 11.7. The van der Waals surface area contributed by atoms with E-state index in [1.54, 1.807) is 11.8 Å². The van der Waals surface area contributed by atoms with Gasteiger partial charge in [-0.3, -0.25) is 4.79 Å². The minimum atomic E-state index is 0.304. The van der Waals surface area contributed by atoms with Crippen molar-refractivity contribution in [1.82, 2.24) is 10.1 Å². The van der Waals surface area contributed by atoms with Gasteiger partial charge in [-0.2, -0.15) is 11.8 Å². The Morgan fingerprint density at radius 1 is 1.44 bits per heavy atom. The third kappa shape index (κ3) is 4.05. The Bertz CT molecular complexity index is 386. The molecule has 0 saturated carbocycles. The largest absolute Gasteiger partial charge is 0.361 e.